The number of hydrogen-bond acceptors (Lipinski definition) is 3. The van der Waals surface area contributed by atoms with Crippen LogP contribution in [0.3, 0.4) is 0 Å². The van der Waals surface area contributed by atoms with Gasteiger partial charge in [-0.2, -0.15) is 0 Å². The number of carbonyl (C=O) groups excluding carboxylic acids is 2. The van der Waals surface area contributed by atoms with E-state index in [0.717, 1.165) is 5.56 Å². The van der Waals surface area contributed by atoms with Gasteiger partial charge in [0.05, 0.1) is 7.11 Å². The molecule has 0 aliphatic heterocycles. The van der Waals surface area contributed by atoms with Gasteiger partial charge in [-0.3, -0.25) is 16.0 Å². The summed E-state index contributed by atoms with van der Waals surface area (Å²) in [6.07, 6.45) is 1.33. The van der Waals surface area contributed by atoms with Gasteiger partial charge < -0.3 is 10.1 Å². The molecule has 0 spiro atoms. The third kappa shape index (κ3) is 5.41. The molecular weight excluding hydrogens is 265 g/mol. The van der Waals surface area contributed by atoms with Crippen LogP contribution in [-0.2, 0) is 30.8 Å². The normalized spacial score (nSPS) is 10.7. The van der Waals surface area contributed by atoms with E-state index < -0.39 is 12.0 Å². The summed E-state index contributed by atoms with van der Waals surface area (Å²) in [6, 6.07) is 8.77. The number of esters is 1. The third-order valence-electron chi connectivity index (χ3n) is 2.02. The smallest absolute Gasteiger partial charge is 0.215 e. The first-order chi connectivity index (χ1) is 7.63. The molecule has 1 aromatic carbocycles. The van der Waals surface area contributed by atoms with Gasteiger partial charge in [-0.1, -0.05) is 35.9 Å². The summed E-state index contributed by atoms with van der Waals surface area (Å²) in [5.41, 5.74) is 0.836. The minimum Gasteiger partial charge on any atom is -0.491 e. The molecule has 0 saturated carbocycles. The van der Waals surface area contributed by atoms with Crippen LogP contribution in [0.5, 0.6) is 0 Å². The summed E-state index contributed by atoms with van der Waals surface area (Å²) in [6.45, 7) is 1.40. The van der Waals surface area contributed by atoms with E-state index in [4.69, 9.17) is 0 Å². The minimum absolute atomic E-state index is 0. The topological polar surface area (TPSA) is 55.4 Å². The molecular formula is C12H14NNiO3-. The Bertz CT molecular complexity index is 367. The number of amides is 1. The number of benzene rings is 1. The Kier molecular flexibility index (Phi) is 7.07. The Balaban J connectivity index is 0.00000256. The maximum Gasteiger partial charge on any atom is 0.215 e. The van der Waals surface area contributed by atoms with E-state index in [1.165, 1.54) is 20.5 Å². The van der Waals surface area contributed by atoms with E-state index in [9.17, 15) is 9.59 Å². The number of rotatable bonds is 4. The summed E-state index contributed by atoms with van der Waals surface area (Å²) in [5.74, 6) is -0.670. The van der Waals surface area contributed by atoms with Crippen molar-refractivity contribution in [2.75, 3.05) is 7.11 Å². The average molecular weight is 279 g/mol. The average Bonchev–Trinajstić information content (AvgIpc) is 2.28. The standard InChI is InChI=1S/C12H14NO3.Ni/c1-9(14)13-11(8-12(15)16-2)10-6-4-3-5-7-10;/h3-8,11H,1-2H3,(H,13,14);/q-1;/t11-;/m0./s1. The fourth-order valence-electron chi connectivity index (χ4n) is 1.30. The summed E-state index contributed by atoms with van der Waals surface area (Å²) in [5, 5.41) is 2.67. The van der Waals surface area contributed by atoms with Crippen molar-refractivity contribution < 1.29 is 30.8 Å². The fourth-order valence-corrected chi connectivity index (χ4v) is 1.30. The molecule has 0 heterocycles. The van der Waals surface area contributed by atoms with Crippen molar-refractivity contribution in [3.05, 3.63) is 42.3 Å². The zero-order valence-electron chi connectivity index (χ0n) is 9.58. The zero-order valence-corrected chi connectivity index (χ0v) is 10.6. The van der Waals surface area contributed by atoms with Crippen LogP contribution in [0.1, 0.15) is 18.5 Å². The van der Waals surface area contributed by atoms with Crippen LogP contribution in [0.25, 0.3) is 0 Å². The molecule has 0 saturated heterocycles. The molecule has 1 N–H and O–H groups in total. The van der Waals surface area contributed by atoms with E-state index >= 15 is 0 Å². The van der Waals surface area contributed by atoms with E-state index in [2.05, 4.69) is 10.1 Å². The van der Waals surface area contributed by atoms with E-state index in [1.807, 2.05) is 30.3 Å². The Morgan fingerprint density at radius 2 is 1.88 bits per heavy atom. The molecule has 0 bridgehead atoms. The van der Waals surface area contributed by atoms with E-state index in [0.29, 0.717) is 0 Å². The molecule has 1 amide bonds. The maximum absolute atomic E-state index is 11.1. The minimum atomic E-state index is -0.470. The predicted octanol–water partition coefficient (Wildman–Crippen LogP) is 1.24. The number of nitrogens with one attached hydrogen (secondary N) is 1. The number of ether oxygens (including phenoxy) is 1. The summed E-state index contributed by atoms with van der Waals surface area (Å²) in [7, 11) is 1.30. The van der Waals surface area contributed by atoms with Gasteiger partial charge in [0, 0.05) is 23.4 Å². The second-order valence-corrected chi connectivity index (χ2v) is 3.28. The Labute approximate surface area is 111 Å². The number of carbonyl (C=O) groups is 2. The largest absolute Gasteiger partial charge is 0.491 e. The molecule has 0 fully saturated rings. The van der Waals surface area contributed by atoms with Gasteiger partial charge in [-0.05, 0) is 6.04 Å². The monoisotopic (exact) mass is 278 g/mol. The van der Waals surface area contributed by atoms with Crippen molar-refractivity contribution in [3.63, 3.8) is 0 Å². The zero-order chi connectivity index (χ0) is 12.0. The molecule has 0 aliphatic rings. The quantitative estimate of drug-likeness (QED) is 0.512. The van der Waals surface area contributed by atoms with Crippen molar-refractivity contribution in [1.29, 1.82) is 0 Å². The van der Waals surface area contributed by atoms with Gasteiger partial charge in [-0.25, -0.2) is 0 Å². The molecule has 17 heavy (non-hydrogen) atoms. The van der Waals surface area contributed by atoms with Gasteiger partial charge in [0.2, 0.25) is 5.91 Å². The SMILES string of the molecule is COC(=O)[CH-][C@H](NC(C)=O)c1ccccc1.[Ni]. The van der Waals surface area contributed by atoms with Gasteiger partial charge in [0.15, 0.2) is 5.97 Å². The summed E-state index contributed by atoms with van der Waals surface area (Å²) in [4.78, 5) is 22.2. The van der Waals surface area contributed by atoms with E-state index in [1.54, 1.807) is 0 Å². The van der Waals surface area contributed by atoms with Crippen molar-refractivity contribution in [2.24, 2.45) is 0 Å². The molecule has 1 aromatic rings. The first kappa shape index (κ1) is 15.5. The molecule has 0 unspecified atom stereocenters. The second-order valence-electron chi connectivity index (χ2n) is 3.28. The first-order valence-corrected chi connectivity index (χ1v) is 4.88. The molecule has 5 heteroatoms. The predicted molar refractivity (Wildman–Crippen MR) is 59.3 cm³/mol. The van der Waals surface area contributed by atoms with Gasteiger partial charge >= 0.3 is 0 Å². The van der Waals surface area contributed by atoms with Crippen molar-refractivity contribution >= 4 is 11.9 Å². The molecule has 0 radical (unpaired) electrons. The molecule has 96 valence electrons. The molecule has 4 nitrogen and oxygen atoms in total. The van der Waals surface area contributed by atoms with E-state index in [-0.39, 0.29) is 22.4 Å². The van der Waals surface area contributed by atoms with Crippen LogP contribution in [0.15, 0.2) is 30.3 Å². The maximum atomic E-state index is 11.1. The molecule has 1 rings (SSSR count). The number of methoxy groups -OCH3 is 1. The first-order valence-electron chi connectivity index (χ1n) is 4.88. The van der Waals surface area contributed by atoms with Gasteiger partial charge in [0.1, 0.15) is 0 Å². The summed E-state index contributed by atoms with van der Waals surface area (Å²) >= 11 is 0. The Hall–Kier alpha value is -1.48. The van der Waals surface area contributed by atoms with Crippen molar-refractivity contribution in [2.45, 2.75) is 13.0 Å². The van der Waals surface area contributed by atoms with Crippen LogP contribution in [0.2, 0.25) is 0 Å². The second kappa shape index (κ2) is 7.74. The number of hydrogen-bond donors (Lipinski definition) is 1. The fraction of sp³-hybridized carbons (Fsp3) is 0.250. The van der Waals surface area contributed by atoms with Gasteiger partial charge in [0.25, 0.3) is 0 Å². The molecule has 1 atom stereocenters. The van der Waals surface area contributed by atoms with Crippen molar-refractivity contribution in [1.82, 2.24) is 5.32 Å². The molecule has 0 aromatic heterocycles. The Morgan fingerprint density at radius 3 is 2.35 bits per heavy atom. The van der Waals surface area contributed by atoms with Crippen molar-refractivity contribution in [3.8, 4) is 0 Å². The van der Waals surface area contributed by atoms with Crippen LogP contribution in [0, 0.1) is 6.42 Å². The molecule has 0 aliphatic carbocycles. The van der Waals surface area contributed by atoms with Crippen LogP contribution >= 0.6 is 0 Å². The van der Waals surface area contributed by atoms with Gasteiger partial charge in [-0.15, -0.1) is 0 Å². The summed E-state index contributed by atoms with van der Waals surface area (Å²) < 4.78 is 4.54. The van der Waals surface area contributed by atoms with Crippen LogP contribution < -0.4 is 5.32 Å². The van der Waals surface area contributed by atoms with Crippen LogP contribution in [0.4, 0.5) is 0 Å². The van der Waals surface area contributed by atoms with Crippen LogP contribution in [-0.4, -0.2) is 19.0 Å². The third-order valence-corrected chi connectivity index (χ3v) is 2.02. The Morgan fingerprint density at radius 1 is 1.29 bits per heavy atom.